The molecule has 2 N–H and O–H groups in total. The fraction of sp³-hybridized carbons (Fsp3) is 0.143. The van der Waals surface area contributed by atoms with Crippen LogP contribution in [0, 0.1) is 0 Å². The first-order valence-electron chi connectivity index (χ1n) is 11.6. The zero-order valence-electron chi connectivity index (χ0n) is 19.5. The summed E-state index contributed by atoms with van der Waals surface area (Å²) < 4.78 is 5.17. The molecule has 1 fully saturated rings. The van der Waals surface area contributed by atoms with Crippen LogP contribution in [0.15, 0.2) is 84.8 Å². The van der Waals surface area contributed by atoms with Gasteiger partial charge in [0.25, 0.3) is 11.7 Å². The number of ether oxygens (including phenoxy) is 1. The SMILES string of the molecule is CCCOC(=O)c1ccc(N2C(=O)C(=O)/C(=C(\O)c3c[nH]c4ccccc34)C2c2cccnc2)cc1. The van der Waals surface area contributed by atoms with Crippen molar-refractivity contribution in [1.29, 1.82) is 0 Å². The van der Waals surface area contributed by atoms with Gasteiger partial charge in [0.2, 0.25) is 0 Å². The number of Topliss-reactive ketones (excluding diaryl/α,β-unsaturated/α-hetero) is 1. The van der Waals surface area contributed by atoms with E-state index in [1.807, 2.05) is 31.2 Å². The molecule has 2 aromatic carbocycles. The lowest BCUT2D eigenvalue weighted by atomic mass is 9.96. The number of nitrogens with one attached hydrogen (secondary N) is 1. The van der Waals surface area contributed by atoms with Gasteiger partial charge >= 0.3 is 5.97 Å². The summed E-state index contributed by atoms with van der Waals surface area (Å²) in [7, 11) is 0. The van der Waals surface area contributed by atoms with E-state index in [0.717, 1.165) is 10.9 Å². The molecule has 1 atom stereocenters. The average Bonchev–Trinajstić information content (AvgIpc) is 3.46. The summed E-state index contributed by atoms with van der Waals surface area (Å²) >= 11 is 0. The minimum absolute atomic E-state index is 0.0378. The van der Waals surface area contributed by atoms with Crippen molar-refractivity contribution >= 4 is 40.0 Å². The summed E-state index contributed by atoms with van der Waals surface area (Å²) in [5.74, 6) is -2.33. The smallest absolute Gasteiger partial charge is 0.338 e. The molecule has 5 rings (SSSR count). The first-order valence-corrected chi connectivity index (χ1v) is 11.6. The lowest BCUT2D eigenvalue weighted by Gasteiger charge is -2.25. The Morgan fingerprint density at radius 1 is 1.08 bits per heavy atom. The van der Waals surface area contributed by atoms with Crippen LogP contribution in [0.1, 0.15) is 40.9 Å². The number of amides is 1. The number of rotatable bonds is 6. The topological polar surface area (TPSA) is 113 Å². The highest BCUT2D eigenvalue weighted by Crippen LogP contribution is 2.42. The molecule has 8 nitrogen and oxygen atoms in total. The number of nitrogens with zero attached hydrogens (tertiary/aromatic N) is 2. The molecule has 0 bridgehead atoms. The Morgan fingerprint density at radius 3 is 2.58 bits per heavy atom. The molecule has 2 aromatic heterocycles. The van der Waals surface area contributed by atoms with Gasteiger partial charge in [0.1, 0.15) is 5.76 Å². The highest BCUT2D eigenvalue weighted by Gasteiger charge is 2.47. The highest BCUT2D eigenvalue weighted by molar-refractivity contribution is 6.51. The van der Waals surface area contributed by atoms with Gasteiger partial charge in [-0.15, -0.1) is 0 Å². The van der Waals surface area contributed by atoms with Gasteiger partial charge in [0.15, 0.2) is 0 Å². The predicted molar refractivity (Wildman–Crippen MR) is 134 cm³/mol. The van der Waals surface area contributed by atoms with Crippen molar-refractivity contribution < 1.29 is 24.2 Å². The number of hydrogen-bond acceptors (Lipinski definition) is 6. The first-order chi connectivity index (χ1) is 17.5. The number of hydrogen-bond donors (Lipinski definition) is 2. The van der Waals surface area contributed by atoms with E-state index in [9.17, 15) is 19.5 Å². The third-order valence-corrected chi connectivity index (χ3v) is 6.11. The van der Waals surface area contributed by atoms with E-state index in [-0.39, 0.29) is 11.3 Å². The van der Waals surface area contributed by atoms with E-state index in [1.54, 1.807) is 55.0 Å². The summed E-state index contributed by atoms with van der Waals surface area (Å²) in [6, 6.07) is 16.2. The maximum atomic E-state index is 13.3. The number of esters is 1. The number of fused-ring (bicyclic) bond motifs is 1. The van der Waals surface area contributed by atoms with Gasteiger partial charge in [-0.25, -0.2) is 4.79 Å². The van der Waals surface area contributed by atoms with Crippen LogP contribution in [0.3, 0.4) is 0 Å². The number of aliphatic hydroxyl groups is 1. The van der Waals surface area contributed by atoms with Crippen LogP contribution in [0.5, 0.6) is 0 Å². The number of carbonyl (C=O) groups is 3. The molecule has 1 aliphatic rings. The number of aromatic nitrogens is 2. The number of para-hydroxylation sites is 1. The summed E-state index contributed by atoms with van der Waals surface area (Å²) in [5, 5.41) is 12.1. The standard InChI is InChI=1S/C28H23N3O5/c1-2-14-36-28(35)17-9-11-19(12-10-17)31-24(18-6-5-13-29-15-18)23(26(33)27(31)34)25(32)21-16-30-22-8-4-3-7-20(21)22/h3-13,15-16,24,30,32H,2,14H2,1H3/b25-23-. The Kier molecular flexibility index (Phi) is 6.08. The maximum Gasteiger partial charge on any atom is 0.338 e. The average molecular weight is 482 g/mol. The second-order valence-corrected chi connectivity index (χ2v) is 8.39. The van der Waals surface area contributed by atoms with E-state index in [2.05, 4.69) is 9.97 Å². The van der Waals surface area contributed by atoms with Gasteiger partial charge in [-0.3, -0.25) is 19.5 Å². The summed E-state index contributed by atoms with van der Waals surface area (Å²) in [4.78, 5) is 47.4. The normalized spacial score (nSPS) is 17.0. The predicted octanol–water partition coefficient (Wildman–Crippen LogP) is 4.76. The molecule has 4 aromatic rings. The minimum Gasteiger partial charge on any atom is -0.507 e. The fourth-order valence-corrected chi connectivity index (χ4v) is 4.40. The molecule has 1 unspecified atom stereocenters. The Hall–Kier alpha value is -4.72. The van der Waals surface area contributed by atoms with Gasteiger partial charge in [-0.1, -0.05) is 31.2 Å². The van der Waals surface area contributed by atoms with Gasteiger partial charge in [0.05, 0.1) is 23.8 Å². The number of ketones is 1. The van der Waals surface area contributed by atoms with E-state index < -0.39 is 23.7 Å². The van der Waals surface area contributed by atoms with Gasteiger partial charge in [-0.2, -0.15) is 0 Å². The van der Waals surface area contributed by atoms with E-state index in [4.69, 9.17) is 4.74 Å². The zero-order chi connectivity index (χ0) is 25.2. The van der Waals surface area contributed by atoms with Crippen LogP contribution < -0.4 is 4.90 Å². The van der Waals surface area contributed by atoms with Gasteiger partial charge in [-0.05, 0) is 48.4 Å². The number of benzene rings is 2. The van der Waals surface area contributed by atoms with E-state index in [1.165, 1.54) is 4.90 Å². The van der Waals surface area contributed by atoms with Crippen LogP contribution in [0.25, 0.3) is 16.7 Å². The molecule has 8 heteroatoms. The summed E-state index contributed by atoms with van der Waals surface area (Å²) in [6.45, 7) is 2.21. The molecular formula is C28H23N3O5. The van der Waals surface area contributed by atoms with Gasteiger partial charge in [0, 0.05) is 40.7 Å². The highest BCUT2D eigenvalue weighted by atomic mass is 16.5. The van der Waals surface area contributed by atoms with Crippen molar-refractivity contribution in [3.05, 3.63) is 102 Å². The zero-order valence-corrected chi connectivity index (χ0v) is 19.5. The number of anilines is 1. The van der Waals surface area contributed by atoms with Crippen molar-refractivity contribution in [2.24, 2.45) is 0 Å². The Balaban J connectivity index is 1.62. The quantitative estimate of drug-likeness (QED) is 0.178. The number of carbonyl (C=O) groups excluding carboxylic acids is 3. The maximum absolute atomic E-state index is 13.3. The third-order valence-electron chi connectivity index (χ3n) is 6.11. The van der Waals surface area contributed by atoms with Crippen LogP contribution in [-0.2, 0) is 14.3 Å². The summed E-state index contributed by atoms with van der Waals surface area (Å²) in [5.41, 5.74) is 2.47. The van der Waals surface area contributed by atoms with Crippen molar-refractivity contribution in [2.75, 3.05) is 11.5 Å². The monoisotopic (exact) mass is 481 g/mol. The van der Waals surface area contributed by atoms with Crippen molar-refractivity contribution in [2.45, 2.75) is 19.4 Å². The molecule has 0 saturated carbocycles. The number of aromatic amines is 1. The second kappa shape index (κ2) is 9.50. The molecule has 1 amide bonds. The Bertz CT molecular complexity index is 1490. The van der Waals surface area contributed by atoms with Crippen molar-refractivity contribution in [3.8, 4) is 0 Å². The van der Waals surface area contributed by atoms with Crippen LogP contribution >= 0.6 is 0 Å². The lowest BCUT2D eigenvalue weighted by molar-refractivity contribution is -0.132. The van der Waals surface area contributed by atoms with Crippen molar-refractivity contribution in [3.63, 3.8) is 0 Å². The van der Waals surface area contributed by atoms with E-state index in [0.29, 0.717) is 35.4 Å². The molecule has 1 aliphatic heterocycles. The number of H-pyrrole nitrogens is 1. The van der Waals surface area contributed by atoms with Crippen LogP contribution in [0.4, 0.5) is 5.69 Å². The number of pyridine rings is 1. The Labute approximate surface area is 206 Å². The molecule has 0 spiro atoms. The van der Waals surface area contributed by atoms with Crippen LogP contribution in [-0.4, -0.2) is 39.3 Å². The second-order valence-electron chi connectivity index (χ2n) is 8.39. The molecular weight excluding hydrogens is 458 g/mol. The third kappa shape index (κ3) is 3.92. The molecule has 180 valence electrons. The van der Waals surface area contributed by atoms with Crippen molar-refractivity contribution in [1.82, 2.24) is 9.97 Å². The van der Waals surface area contributed by atoms with Crippen LogP contribution in [0.2, 0.25) is 0 Å². The van der Waals surface area contributed by atoms with E-state index >= 15 is 0 Å². The lowest BCUT2D eigenvalue weighted by Crippen LogP contribution is -2.29. The molecule has 0 radical (unpaired) electrons. The molecule has 36 heavy (non-hydrogen) atoms. The molecule has 1 saturated heterocycles. The first kappa shape index (κ1) is 23.0. The van der Waals surface area contributed by atoms with Gasteiger partial charge < -0.3 is 14.8 Å². The largest absolute Gasteiger partial charge is 0.507 e. The Morgan fingerprint density at radius 2 is 1.86 bits per heavy atom. The number of aliphatic hydroxyl groups excluding tert-OH is 1. The fourth-order valence-electron chi connectivity index (χ4n) is 4.40. The summed E-state index contributed by atoms with van der Waals surface area (Å²) in [6.07, 6.45) is 5.47. The minimum atomic E-state index is -0.912. The molecule has 0 aliphatic carbocycles. The molecule has 3 heterocycles.